The van der Waals surface area contributed by atoms with Gasteiger partial charge < -0.3 is 11.5 Å². The summed E-state index contributed by atoms with van der Waals surface area (Å²) in [6.07, 6.45) is 7.45. The normalized spacial score (nSPS) is 13.6. The van der Waals surface area contributed by atoms with Crippen LogP contribution in [-0.4, -0.2) is 16.7 Å². The van der Waals surface area contributed by atoms with Gasteiger partial charge in [0.05, 0.1) is 12.8 Å². The van der Waals surface area contributed by atoms with E-state index < -0.39 is 4.18 Å². The van der Waals surface area contributed by atoms with Crippen LogP contribution in [0.5, 0.6) is 0 Å². The Labute approximate surface area is 268 Å². The lowest BCUT2D eigenvalue weighted by Crippen LogP contribution is -2.17. The van der Waals surface area contributed by atoms with Crippen LogP contribution in [0.2, 0.25) is 0 Å². The molecule has 1 unspecified atom stereocenters. The number of aromatic nitrogens is 1. The fourth-order valence-electron chi connectivity index (χ4n) is 3.70. The summed E-state index contributed by atoms with van der Waals surface area (Å²) in [5.74, 6) is 0.646. The van der Waals surface area contributed by atoms with Crippen molar-refractivity contribution < 1.29 is 4.39 Å². The van der Waals surface area contributed by atoms with Crippen molar-refractivity contribution in [1.82, 2.24) is 4.98 Å². The summed E-state index contributed by atoms with van der Waals surface area (Å²) >= 11 is 6.52. The van der Waals surface area contributed by atoms with Crippen LogP contribution in [0, 0.1) is 0 Å². The smallest absolute Gasteiger partial charge is 0.176 e. The molecule has 0 aliphatic carbocycles. The van der Waals surface area contributed by atoms with Crippen molar-refractivity contribution in [2.45, 2.75) is 12.5 Å². The third kappa shape index (κ3) is 8.55. The van der Waals surface area contributed by atoms with Crippen LogP contribution >= 0.6 is 67.8 Å². The maximum Gasteiger partial charge on any atom is 0.176 e. The Hall–Kier alpha value is -2.39. The monoisotopic (exact) mass is 855 g/mol. The zero-order valence-electron chi connectivity index (χ0n) is 20.9. The first-order chi connectivity index (χ1) is 18.6. The number of hydrogen-bond acceptors (Lipinski definition) is 3. The van der Waals surface area contributed by atoms with E-state index in [2.05, 4.69) is 68.1 Å². The Morgan fingerprint density at radius 3 is 1.97 bits per heavy atom. The van der Waals surface area contributed by atoms with Crippen molar-refractivity contribution >= 4 is 103 Å². The molecular formula is C30H25FI3N5. The summed E-state index contributed by atoms with van der Waals surface area (Å²) in [5.41, 5.74) is 19.3. The van der Waals surface area contributed by atoms with E-state index in [0.29, 0.717) is 28.2 Å². The SMILES string of the molecule is CC(I)(I)c1cccc(N=C(N)c2cc(/C=C/c3ccncc3)cc(C(N)=Nc3cccc(C(F)I)c3)c2)c1. The van der Waals surface area contributed by atoms with Crippen LogP contribution < -0.4 is 11.5 Å². The summed E-state index contributed by atoms with van der Waals surface area (Å²) < 4.78 is 12.6. The Morgan fingerprint density at radius 1 is 0.821 bits per heavy atom. The molecule has 9 heteroatoms. The first-order valence-electron chi connectivity index (χ1n) is 11.9. The maximum absolute atomic E-state index is 13.8. The summed E-state index contributed by atoms with van der Waals surface area (Å²) in [5, 5.41) is 0. The standard InChI is InChI=1S/C30H25FI3N5/c1-30(33,34)24-5-3-7-26(18-24)39-29(36)23-15-20(9-8-19-10-12-37-13-11-19)14-22(16-23)28(35)38-25-6-2-4-21(17-25)27(31)32/h2-18,27H,1H3,(H2,35,38)(H2,36,39)/b9-8+. The molecule has 0 spiro atoms. The van der Waals surface area contributed by atoms with Gasteiger partial charge in [0, 0.05) is 23.5 Å². The molecule has 0 fully saturated rings. The summed E-state index contributed by atoms with van der Waals surface area (Å²) in [6.45, 7) is 2.14. The van der Waals surface area contributed by atoms with E-state index in [1.165, 1.54) is 0 Å². The number of alkyl halides is 4. The van der Waals surface area contributed by atoms with Crippen LogP contribution in [0.1, 0.15) is 44.5 Å². The molecule has 1 aromatic heterocycles. The van der Waals surface area contributed by atoms with Gasteiger partial charge in [-0.1, -0.05) is 81.6 Å². The van der Waals surface area contributed by atoms with Crippen LogP contribution in [0.3, 0.4) is 0 Å². The number of halogens is 4. The molecule has 4 N–H and O–H groups in total. The minimum absolute atomic E-state index is 0.0671. The molecule has 198 valence electrons. The Balaban J connectivity index is 1.76. The minimum atomic E-state index is -1.13. The molecule has 0 saturated heterocycles. The summed E-state index contributed by atoms with van der Waals surface area (Å²) in [7, 11) is 0. The van der Waals surface area contributed by atoms with E-state index in [9.17, 15) is 4.39 Å². The van der Waals surface area contributed by atoms with Crippen molar-refractivity contribution in [3.63, 3.8) is 0 Å². The lowest BCUT2D eigenvalue weighted by molar-refractivity contribution is 0.491. The highest BCUT2D eigenvalue weighted by atomic mass is 127. The van der Waals surface area contributed by atoms with Gasteiger partial charge in [-0.05, 0) is 106 Å². The third-order valence-electron chi connectivity index (χ3n) is 5.70. The molecule has 0 aliphatic rings. The van der Waals surface area contributed by atoms with Crippen molar-refractivity contribution in [3.8, 4) is 0 Å². The molecule has 3 aromatic carbocycles. The molecule has 1 heterocycles. The summed E-state index contributed by atoms with van der Waals surface area (Å²) in [6, 6.07) is 24.6. The average Bonchev–Trinajstić information content (AvgIpc) is 2.92. The van der Waals surface area contributed by atoms with E-state index in [4.69, 9.17) is 16.5 Å². The number of rotatable bonds is 8. The second kappa shape index (κ2) is 13.3. The molecule has 0 amide bonds. The molecule has 4 aromatic rings. The molecular weight excluding hydrogens is 830 g/mol. The van der Waals surface area contributed by atoms with Crippen LogP contribution in [0.25, 0.3) is 12.2 Å². The van der Waals surface area contributed by atoms with Gasteiger partial charge in [0.2, 0.25) is 0 Å². The number of pyridine rings is 1. The third-order valence-corrected chi connectivity index (χ3v) is 7.66. The molecule has 39 heavy (non-hydrogen) atoms. The Morgan fingerprint density at radius 2 is 1.38 bits per heavy atom. The number of benzene rings is 3. The Bertz CT molecular complexity index is 1540. The number of aliphatic imine (C=N–C) groups is 2. The Kier molecular flexibility index (Phi) is 10.1. The van der Waals surface area contributed by atoms with E-state index in [0.717, 1.165) is 22.4 Å². The number of nitrogens with two attached hydrogens (primary N) is 2. The second-order valence-corrected chi connectivity index (χ2v) is 16.3. The second-order valence-electron chi connectivity index (χ2n) is 8.79. The highest BCUT2D eigenvalue weighted by Gasteiger charge is 2.18. The fraction of sp³-hybridized carbons (Fsp3) is 0.100. The molecule has 0 bridgehead atoms. The van der Waals surface area contributed by atoms with Gasteiger partial charge >= 0.3 is 0 Å². The molecule has 4 rings (SSSR count). The van der Waals surface area contributed by atoms with Gasteiger partial charge in [0.1, 0.15) is 11.7 Å². The van der Waals surface area contributed by atoms with Crippen molar-refractivity contribution in [2.75, 3.05) is 0 Å². The molecule has 5 nitrogen and oxygen atoms in total. The van der Waals surface area contributed by atoms with Crippen LogP contribution in [-0.2, 0) is 1.43 Å². The minimum Gasteiger partial charge on any atom is -0.383 e. The van der Waals surface area contributed by atoms with Gasteiger partial charge in [0.15, 0.2) is 4.18 Å². The number of hydrogen-bond donors (Lipinski definition) is 2. The van der Waals surface area contributed by atoms with Crippen molar-refractivity contribution in [1.29, 1.82) is 0 Å². The predicted octanol–water partition coefficient (Wildman–Crippen LogP) is 8.77. The van der Waals surface area contributed by atoms with Crippen LogP contribution in [0.15, 0.2) is 101 Å². The van der Waals surface area contributed by atoms with Gasteiger partial charge in [0.25, 0.3) is 0 Å². The number of amidine groups is 2. The quantitative estimate of drug-likeness (QED) is 0.0805. The predicted molar refractivity (Wildman–Crippen MR) is 187 cm³/mol. The fourth-order valence-corrected chi connectivity index (χ4v) is 4.75. The topological polar surface area (TPSA) is 89.6 Å². The average molecular weight is 855 g/mol. The largest absolute Gasteiger partial charge is 0.383 e. The first-order valence-corrected chi connectivity index (χ1v) is 15.3. The molecule has 1 atom stereocenters. The number of nitrogens with zero attached hydrogens (tertiary/aromatic N) is 3. The highest BCUT2D eigenvalue weighted by Crippen LogP contribution is 2.39. The van der Waals surface area contributed by atoms with E-state index in [1.54, 1.807) is 59.3 Å². The van der Waals surface area contributed by atoms with Crippen molar-refractivity contribution in [2.24, 2.45) is 21.5 Å². The zero-order valence-corrected chi connectivity index (χ0v) is 27.4. The highest BCUT2D eigenvalue weighted by molar-refractivity contribution is 14.2. The molecule has 0 aliphatic heterocycles. The van der Waals surface area contributed by atoms with E-state index in [1.807, 2.05) is 60.7 Å². The summed E-state index contributed by atoms with van der Waals surface area (Å²) in [4.78, 5) is 13.3. The van der Waals surface area contributed by atoms with Crippen LogP contribution in [0.4, 0.5) is 15.8 Å². The lowest BCUT2D eigenvalue weighted by Gasteiger charge is -2.15. The van der Waals surface area contributed by atoms with Gasteiger partial charge in [-0.15, -0.1) is 0 Å². The maximum atomic E-state index is 13.8. The van der Waals surface area contributed by atoms with Gasteiger partial charge in [-0.2, -0.15) is 0 Å². The van der Waals surface area contributed by atoms with Gasteiger partial charge in [-0.3, -0.25) is 4.98 Å². The van der Waals surface area contributed by atoms with E-state index >= 15 is 0 Å². The van der Waals surface area contributed by atoms with Gasteiger partial charge in [-0.25, -0.2) is 14.4 Å². The zero-order chi connectivity index (χ0) is 28.0. The molecule has 0 radical (unpaired) electrons. The van der Waals surface area contributed by atoms with Crippen molar-refractivity contribution in [3.05, 3.63) is 125 Å². The lowest BCUT2D eigenvalue weighted by atomic mass is 10.0. The molecule has 0 saturated carbocycles. The van der Waals surface area contributed by atoms with E-state index in [-0.39, 0.29) is 7.26 Å². The first kappa shape index (κ1) is 29.6.